The van der Waals surface area contributed by atoms with Gasteiger partial charge in [-0.15, -0.1) is 0 Å². The summed E-state index contributed by atoms with van der Waals surface area (Å²) in [5.74, 6) is 1.90. The number of phenols is 1. The van der Waals surface area contributed by atoms with Crippen LogP contribution in [0.4, 0.5) is 0 Å². The molecule has 0 aliphatic heterocycles. The van der Waals surface area contributed by atoms with E-state index < -0.39 is 0 Å². The van der Waals surface area contributed by atoms with Crippen LogP contribution in [0.1, 0.15) is 31.2 Å². The largest absolute Gasteiger partial charge is 0.506 e. The molecule has 1 aromatic rings. The van der Waals surface area contributed by atoms with Crippen molar-refractivity contribution >= 4 is 23.2 Å². The normalized spacial score (nSPS) is 30.0. The first-order chi connectivity index (χ1) is 8.63. The minimum Gasteiger partial charge on any atom is -0.506 e. The van der Waals surface area contributed by atoms with E-state index in [1.54, 1.807) is 12.1 Å². The van der Waals surface area contributed by atoms with Crippen LogP contribution in [0.15, 0.2) is 12.1 Å². The van der Waals surface area contributed by atoms with Crippen LogP contribution in [-0.4, -0.2) is 11.1 Å². The first kappa shape index (κ1) is 12.6. The first-order valence-corrected chi connectivity index (χ1v) is 7.29. The summed E-state index contributed by atoms with van der Waals surface area (Å²) in [5, 5.41) is 14.3. The number of hydrogen-bond acceptors (Lipinski definition) is 2. The predicted molar refractivity (Wildman–Crippen MR) is 74.2 cm³/mol. The highest BCUT2D eigenvalue weighted by molar-refractivity contribution is 6.35. The molecular formula is C14H17Cl2NO. The van der Waals surface area contributed by atoms with Gasteiger partial charge in [-0.25, -0.2) is 0 Å². The van der Waals surface area contributed by atoms with Crippen LogP contribution >= 0.6 is 23.2 Å². The van der Waals surface area contributed by atoms with Crippen molar-refractivity contribution in [1.82, 2.24) is 5.32 Å². The molecule has 2 nitrogen and oxygen atoms in total. The van der Waals surface area contributed by atoms with Crippen LogP contribution in [0, 0.1) is 11.8 Å². The Balaban J connectivity index is 1.66. The number of benzene rings is 1. The van der Waals surface area contributed by atoms with Crippen molar-refractivity contribution in [1.29, 1.82) is 0 Å². The third-order valence-electron chi connectivity index (χ3n) is 4.40. The summed E-state index contributed by atoms with van der Waals surface area (Å²) >= 11 is 11.9. The Morgan fingerprint density at radius 1 is 1.22 bits per heavy atom. The molecule has 0 heterocycles. The van der Waals surface area contributed by atoms with Gasteiger partial charge in [-0.3, -0.25) is 0 Å². The number of aromatic hydroxyl groups is 1. The van der Waals surface area contributed by atoms with Gasteiger partial charge in [0.2, 0.25) is 0 Å². The highest BCUT2D eigenvalue weighted by Crippen LogP contribution is 2.44. The third kappa shape index (κ3) is 2.34. The Morgan fingerprint density at radius 3 is 2.72 bits per heavy atom. The van der Waals surface area contributed by atoms with E-state index in [1.165, 1.54) is 25.7 Å². The van der Waals surface area contributed by atoms with Gasteiger partial charge in [-0.05, 0) is 43.2 Å². The predicted octanol–water partition coefficient (Wildman–Crippen LogP) is 3.98. The molecule has 2 aliphatic rings. The van der Waals surface area contributed by atoms with Crippen LogP contribution in [0.25, 0.3) is 0 Å². The second-order valence-electron chi connectivity index (χ2n) is 5.56. The average molecular weight is 286 g/mol. The van der Waals surface area contributed by atoms with Gasteiger partial charge in [0.05, 0.1) is 5.02 Å². The summed E-state index contributed by atoms with van der Waals surface area (Å²) in [6, 6.07) is 3.95. The smallest absolute Gasteiger partial charge is 0.138 e. The molecule has 4 heteroatoms. The monoisotopic (exact) mass is 285 g/mol. The number of hydrogen-bond donors (Lipinski definition) is 2. The fraction of sp³-hybridized carbons (Fsp3) is 0.571. The Labute approximate surface area is 117 Å². The molecule has 0 aromatic heterocycles. The number of fused-ring (bicyclic) bond motifs is 2. The van der Waals surface area contributed by atoms with Crippen molar-refractivity contribution < 1.29 is 5.11 Å². The zero-order valence-corrected chi connectivity index (χ0v) is 11.6. The van der Waals surface area contributed by atoms with Gasteiger partial charge in [0.15, 0.2) is 0 Å². The molecule has 2 bridgehead atoms. The van der Waals surface area contributed by atoms with Crippen molar-refractivity contribution in [3.05, 3.63) is 27.7 Å². The van der Waals surface area contributed by atoms with E-state index in [0.717, 1.165) is 17.4 Å². The van der Waals surface area contributed by atoms with Gasteiger partial charge in [0, 0.05) is 23.2 Å². The molecule has 0 saturated heterocycles. The van der Waals surface area contributed by atoms with E-state index in [1.807, 2.05) is 0 Å². The SMILES string of the molecule is Oc1c(Cl)cc(Cl)cc1CNC1CC2CCC1C2. The molecule has 0 amide bonds. The lowest BCUT2D eigenvalue weighted by atomic mass is 9.95. The Hall–Kier alpha value is -0.440. The maximum Gasteiger partial charge on any atom is 0.138 e. The standard InChI is InChI=1S/C14H17Cl2NO/c15-11-5-10(14(18)12(16)6-11)7-17-13-4-8-1-2-9(13)3-8/h5-6,8-9,13,17-18H,1-4,7H2. The van der Waals surface area contributed by atoms with Crippen molar-refractivity contribution in [2.24, 2.45) is 11.8 Å². The fourth-order valence-electron chi connectivity index (χ4n) is 3.49. The second kappa shape index (κ2) is 4.92. The quantitative estimate of drug-likeness (QED) is 0.881. The number of halogens is 2. The lowest BCUT2D eigenvalue weighted by molar-refractivity contribution is 0.348. The van der Waals surface area contributed by atoms with Crippen molar-refractivity contribution in [2.45, 2.75) is 38.3 Å². The Kier molecular flexibility index (Phi) is 3.44. The minimum absolute atomic E-state index is 0.150. The molecule has 98 valence electrons. The zero-order chi connectivity index (χ0) is 12.7. The Morgan fingerprint density at radius 2 is 2.06 bits per heavy atom. The van der Waals surface area contributed by atoms with E-state index in [0.29, 0.717) is 22.6 Å². The van der Waals surface area contributed by atoms with E-state index >= 15 is 0 Å². The Bertz CT molecular complexity index is 463. The summed E-state index contributed by atoms with van der Waals surface area (Å²) in [7, 11) is 0. The number of phenolic OH excluding ortho intramolecular Hbond substituents is 1. The van der Waals surface area contributed by atoms with E-state index in [2.05, 4.69) is 5.32 Å². The number of rotatable bonds is 3. The summed E-state index contributed by atoms with van der Waals surface area (Å²) in [5.41, 5.74) is 0.787. The fourth-order valence-corrected chi connectivity index (χ4v) is 4.03. The molecule has 3 rings (SSSR count). The topological polar surface area (TPSA) is 32.3 Å². The second-order valence-corrected chi connectivity index (χ2v) is 6.40. The van der Waals surface area contributed by atoms with E-state index in [-0.39, 0.29) is 5.75 Å². The van der Waals surface area contributed by atoms with Crippen molar-refractivity contribution in [3.8, 4) is 5.75 Å². The molecule has 3 atom stereocenters. The van der Waals surface area contributed by atoms with E-state index in [9.17, 15) is 5.11 Å². The molecule has 3 unspecified atom stereocenters. The van der Waals surface area contributed by atoms with Crippen LogP contribution in [0.3, 0.4) is 0 Å². The molecule has 2 fully saturated rings. The summed E-state index contributed by atoms with van der Waals surface area (Å²) in [4.78, 5) is 0. The molecule has 0 radical (unpaired) electrons. The molecule has 2 N–H and O–H groups in total. The van der Waals surface area contributed by atoms with Gasteiger partial charge in [0.25, 0.3) is 0 Å². The molecule has 0 spiro atoms. The molecule has 18 heavy (non-hydrogen) atoms. The minimum atomic E-state index is 0.150. The van der Waals surface area contributed by atoms with E-state index in [4.69, 9.17) is 23.2 Å². The van der Waals surface area contributed by atoms with Gasteiger partial charge in [-0.2, -0.15) is 0 Å². The molecule has 2 saturated carbocycles. The summed E-state index contributed by atoms with van der Waals surface area (Å²) < 4.78 is 0. The van der Waals surface area contributed by atoms with Gasteiger partial charge >= 0.3 is 0 Å². The van der Waals surface area contributed by atoms with Crippen LogP contribution in [0.5, 0.6) is 5.75 Å². The van der Waals surface area contributed by atoms with Crippen LogP contribution in [-0.2, 0) is 6.54 Å². The molecule has 1 aromatic carbocycles. The lowest BCUT2D eigenvalue weighted by Gasteiger charge is -2.23. The van der Waals surface area contributed by atoms with Gasteiger partial charge < -0.3 is 10.4 Å². The van der Waals surface area contributed by atoms with Gasteiger partial charge in [0.1, 0.15) is 5.75 Å². The highest BCUT2D eigenvalue weighted by Gasteiger charge is 2.39. The first-order valence-electron chi connectivity index (χ1n) is 6.53. The average Bonchev–Trinajstić information content (AvgIpc) is 2.93. The zero-order valence-electron chi connectivity index (χ0n) is 10.1. The summed E-state index contributed by atoms with van der Waals surface area (Å²) in [6.07, 6.45) is 5.40. The molecular weight excluding hydrogens is 269 g/mol. The third-order valence-corrected chi connectivity index (χ3v) is 4.91. The lowest BCUT2D eigenvalue weighted by Crippen LogP contribution is -2.33. The van der Waals surface area contributed by atoms with Crippen molar-refractivity contribution in [2.75, 3.05) is 0 Å². The highest BCUT2D eigenvalue weighted by atomic mass is 35.5. The van der Waals surface area contributed by atoms with Crippen LogP contribution < -0.4 is 5.32 Å². The number of nitrogens with one attached hydrogen (secondary N) is 1. The maximum atomic E-state index is 9.90. The van der Waals surface area contributed by atoms with Gasteiger partial charge in [-0.1, -0.05) is 29.6 Å². The van der Waals surface area contributed by atoms with Crippen LogP contribution in [0.2, 0.25) is 10.0 Å². The molecule has 2 aliphatic carbocycles. The maximum absolute atomic E-state index is 9.90. The summed E-state index contributed by atoms with van der Waals surface area (Å²) in [6.45, 7) is 0.639. The van der Waals surface area contributed by atoms with Crippen molar-refractivity contribution in [3.63, 3.8) is 0 Å².